The highest BCUT2D eigenvalue weighted by Gasteiger charge is 2.27. The van der Waals surface area contributed by atoms with E-state index in [0.717, 1.165) is 10.2 Å². The molecule has 0 aliphatic rings. The van der Waals surface area contributed by atoms with Gasteiger partial charge in [-0.3, -0.25) is 9.59 Å². The minimum absolute atomic E-state index is 0.117. The number of nitrogens with one attached hydrogen (secondary N) is 1. The summed E-state index contributed by atoms with van der Waals surface area (Å²) >= 11 is 3.38. The fourth-order valence-corrected chi connectivity index (χ4v) is 1.86. The first-order valence-corrected chi connectivity index (χ1v) is 7.49. The maximum absolute atomic E-state index is 11.6. The average Bonchev–Trinajstić information content (AvgIpc) is 2.43. The molecule has 0 heterocycles. The van der Waals surface area contributed by atoms with E-state index < -0.39 is 11.4 Å². The van der Waals surface area contributed by atoms with Crippen LogP contribution in [0.5, 0.6) is 5.75 Å². The molecule has 1 aromatic rings. The Morgan fingerprint density at radius 1 is 1.33 bits per heavy atom. The van der Waals surface area contributed by atoms with Gasteiger partial charge in [0.15, 0.2) is 0 Å². The molecule has 0 saturated heterocycles. The first kappa shape index (κ1) is 17.5. The zero-order valence-electron chi connectivity index (χ0n) is 12.2. The number of carbonyl (C=O) groups excluding carboxylic acids is 1. The Balaban J connectivity index is 2.23. The summed E-state index contributed by atoms with van der Waals surface area (Å²) in [5, 5.41) is 11.6. The van der Waals surface area contributed by atoms with E-state index in [1.54, 1.807) is 13.8 Å². The Kier molecular flexibility index (Phi) is 6.68. The molecule has 1 aromatic carbocycles. The van der Waals surface area contributed by atoms with Crippen LogP contribution in [0.2, 0.25) is 0 Å². The summed E-state index contributed by atoms with van der Waals surface area (Å²) in [5.41, 5.74) is -0.957. The van der Waals surface area contributed by atoms with Crippen molar-refractivity contribution in [3.8, 4) is 5.75 Å². The zero-order valence-corrected chi connectivity index (χ0v) is 13.8. The SMILES string of the molecule is CC(C)(CNC(=O)CCCOc1ccccc1Br)C(=O)O. The van der Waals surface area contributed by atoms with Gasteiger partial charge < -0.3 is 15.2 Å². The largest absolute Gasteiger partial charge is 0.492 e. The van der Waals surface area contributed by atoms with Gasteiger partial charge in [-0.1, -0.05) is 12.1 Å². The van der Waals surface area contributed by atoms with Crippen molar-refractivity contribution in [2.75, 3.05) is 13.2 Å². The molecule has 0 atom stereocenters. The number of para-hydroxylation sites is 1. The van der Waals surface area contributed by atoms with Crippen molar-refractivity contribution >= 4 is 27.8 Å². The summed E-state index contributed by atoms with van der Waals surface area (Å²) in [6.45, 7) is 3.70. The third-order valence-corrected chi connectivity index (χ3v) is 3.60. The van der Waals surface area contributed by atoms with Gasteiger partial charge in [0.1, 0.15) is 5.75 Å². The molecule has 6 heteroatoms. The van der Waals surface area contributed by atoms with Crippen LogP contribution < -0.4 is 10.1 Å². The average molecular weight is 358 g/mol. The summed E-state index contributed by atoms with van der Waals surface area (Å²) in [4.78, 5) is 22.5. The molecule has 0 unspecified atom stereocenters. The molecule has 0 aliphatic carbocycles. The van der Waals surface area contributed by atoms with Gasteiger partial charge in [0.2, 0.25) is 5.91 Å². The molecular formula is C15H20BrNO4. The maximum atomic E-state index is 11.6. The number of benzene rings is 1. The van der Waals surface area contributed by atoms with Crippen molar-refractivity contribution < 1.29 is 19.4 Å². The Labute approximate surface area is 132 Å². The topological polar surface area (TPSA) is 75.6 Å². The molecule has 1 rings (SSSR count). The third kappa shape index (κ3) is 6.16. The normalized spacial score (nSPS) is 11.0. The monoisotopic (exact) mass is 357 g/mol. The van der Waals surface area contributed by atoms with Crippen LogP contribution in [0.4, 0.5) is 0 Å². The Hall–Kier alpha value is -1.56. The summed E-state index contributed by atoms with van der Waals surface area (Å²) in [6, 6.07) is 7.50. The van der Waals surface area contributed by atoms with Crippen LogP contribution in [0.1, 0.15) is 26.7 Å². The smallest absolute Gasteiger partial charge is 0.310 e. The van der Waals surface area contributed by atoms with Crippen LogP contribution >= 0.6 is 15.9 Å². The Morgan fingerprint density at radius 3 is 2.62 bits per heavy atom. The highest BCUT2D eigenvalue weighted by Crippen LogP contribution is 2.23. The van der Waals surface area contributed by atoms with E-state index in [4.69, 9.17) is 9.84 Å². The molecule has 0 aliphatic heterocycles. The van der Waals surface area contributed by atoms with Gasteiger partial charge in [-0.05, 0) is 48.3 Å². The first-order valence-electron chi connectivity index (χ1n) is 6.70. The number of rotatable bonds is 8. The van der Waals surface area contributed by atoms with Crippen molar-refractivity contribution in [3.63, 3.8) is 0 Å². The third-order valence-electron chi connectivity index (χ3n) is 2.95. The minimum atomic E-state index is -0.957. The Bertz CT molecular complexity index is 502. The van der Waals surface area contributed by atoms with Gasteiger partial charge in [0, 0.05) is 13.0 Å². The van der Waals surface area contributed by atoms with Gasteiger partial charge in [-0.25, -0.2) is 0 Å². The highest BCUT2D eigenvalue weighted by molar-refractivity contribution is 9.10. The number of amides is 1. The second-order valence-electron chi connectivity index (χ2n) is 5.35. The van der Waals surface area contributed by atoms with E-state index in [1.807, 2.05) is 24.3 Å². The predicted molar refractivity (Wildman–Crippen MR) is 83.3 cm³/mol. The van der Waals surface area contributed by atoms with E-state index in [1.165, 1.54) is 0 Å². The number of halogens is 1. The standard InChI is InChI=1S/C15H20BrNO4/c1-15(2,14(19)20)10-17-13(18)8-5-9-21-12-7-4-3-6-11(12)16/h3-4,6-7H,5,8-10H2,1-2H3,(H,17,18)(H,19,20). The van der Waals surface area contributed by atoms with Crippen molar-refractivity contribution in [2.24, 2.45) is 5.41 Å². The maximum Gasteiger partial charge on any atom is 0.310 e. The molecule has 0 radical (unpaired) electrons. The second-order valence-corrected chi connectivity index (χ2v) is 6.20. The number of ether oxygens (including phenoxy) is 1. The molecule has 116 valence electrons. The molecule has 21 heavy (non-hydrogen) atoms. The van der Waals surface area contributed by atoms with E-state index in [2.05, 4.69) is 21.2 Å². The van der Waals surface area contributed by atoms with Gasteiger partial charge >= 0.3 is 5.97 Å². The fourth-order valence-electron chi connectivity index (χ4n) is 1.46. The minimum Gasteiger partial charge on any atom is -0.492 e. The number of hydrogen-bond donors (Lipinski definition) is 2. The quantitative estimate of drug-likeness (QED) is 0.701. The van der Waals surface area contributed by atoms with Crippen LogP contribution in [0.3, 0.4) is 0 Å². The molecule has 5 nitrogen and oxygen atoms in total. The number of carboxylic acid groups (broad SMARTS) is 1. The number of carbonyl (C=O) groups is 2. The summed E-state index contributed by atoms with van der Waals surface area (Å²) in [6.07, 6.45) is 0.876. The molecule has 2 N–H and O–H groups in total. The van der Waals surface area contributed by atoms with Crippen LogP contribution in [0.25, 0.3) is 0 Å². The summed E-state index contributed by atoms with van der Waals surface area (Å²) in [5.74, 6) is -0.356. The van der Waals surface area contributed by atoms with E-state index in [9.17, 15) is 9.59 Å². The van der Waals surface area contributed by atoms with Crippen LogP contribution in [0, 0.1) is 5.41 Å². The zero-order chi connectivity index (χ0) is 15.9. The van der Waals surface area contributed by atoms with Crippen LogP contribution in [-0.2, 0) is 9.59 Å². The van der Waals surface area contributed by atoms with Gasteiger partial charge in [-0.15, -0.1) is 0 Å². The van der Waals surface area contributed by atoms with E-state index in [-0.39, 0.29) is 12.5 Å². The number of hydrogen-bond acceptors (Lipinski definition) is 3. The molecule has 0 fully saturated rings. The summed E-state index contributed by atoms with van der Waals surface area (Å²) in [7, 11) is 0. The lowest BCUT2D eigenvalue weighted by Crippen LogP contribution is -2.38. The molecular weight excluding hydrogens is 338 g/mol. The van der Waals surface area contributed by atoms with Crippen molar-refractivity contribution in [2.45, 2.75) is 26.7 Å². The van der Waals surface area contributed by atoms with E-state index >= 15 is 0 Å². The second kappa shape index (κ2) is 8.02. The summed E-state index contributed by atoms with van der Waals surface area (Å²) < 4.78 is 6.42. The first-order chi connectivity index (χ1) is 9.83. The Morgan fingerprint density at radius 2 is 2.00 bits per heavy atom. The van der Waals surface area contributed by atoms with Gasteiger partial charge in [0.25, 0.3) is 0 Å². The lowest BCUT2D eigenvalue weighted by molar-refractivity contribution is -0.146. The van der Waals surface area contributed by atoms with E-state index in [0.29, 0.717) is 19.4 Å². The van der Waals surface area contributed by atoms with Gasteiger partial charge in [0.05, 0.1) is 16.5 Å². The highest BCUT2D eigenvalue weighted by atomic mass is 79.9. The molecule has 1 amide bonds. The van der Waals surface area contributed by atoms with Crippen molar-refractivity contribution in [3.05, 3.63) is 28.7 Å². The lowest BCUT2D eigenvalue weighted by atomic mass is 9.94. The number of carboxylic acids is 1. The molecule has 0 saturated carbocycles. The van der Waals surface area contributed by atoms with Crippen LogP contribution in [0.15, 0.2) is 28.7 Å². The lowest BCUT2D eigenvalue weighted by Gasteiger charge is -2.19. The molecule has 0 aromatic heterocycles. The van der Waals surface area contributed by atoms with Crippen LogP contribution in [-0.4, -0.2) is 30.1 Å². The number of aliphatic carboxylic acids is 1. The fraction of sp³-hybridized carbons (Fsp3) is 0.467. The molecule has 0 bridgehead atoms. The molecule has 0 spiro atoms. The van der Waals surface area contributed by atoms with Gasteiger partial charge in [-0.2, -0.15) is 0 Å². The van der Waals surface area contributed by atoms with Crippen molar-refractivity contribution in [1.29, 1.82) is 0 Å². The predicted octanol–water partition coefficient (Wildman–Crippen LogP) is 2.84. The van der Waals surface area contributed by atoms with Crippen molar-refractivity contribution in [1.82, 2.24) is 5.32 Å².